The molecule has 2 N–H and O–H groups in total. The number of nitrogens with one attached hydrogen (secondary N) is 2. The number of likely N-dealkylation sites (tertiary alicyclic amines) is 1. The number of pyridine rings is 1. The van der Waals surface area contributed by atoms with Gasteiger partial charge in [-0.1, -0.05) is 30.3 Å². The van der Waals surface area contributed by atoms with E-state index in [9.17, 15) is 9.18 Å². The first kappa shape index (κ1) is 19.6. The van der Waals surface area contributed by atoms with Crippen LogP contribution in [-0.2, 0) is 6.54 Å². The molecule has 31 heavy (non-hydrogen) atoms. The van der Waals surface area contributed by atoms with Crippen LogP contribution < -0.4 is 10.5 Å². The van der Waals surface area contributed by atoms with Gasteiger partial charge in [0.15, 0.2) is 6.04 Å². The quantitative estimate of drug-likeness (QED) is 0.517. The van der Waals surface area contributed by atoms with E-state index in [4.69, 9.17) is 0 Å². The Balaban J connectivity index is 1.61. The number of aryl methyl sites for hydroxylation is 1. The molecule has 0 bridgehead atoms. The molecule has 0 spiro atoms. The molecule has 1 aliphatic rings. The highest BCUT2D eigenvalue weighted by molar-refractivity contribution is 5.82. The molecule has 0 saturated carbocycles. The van der Waals surface area contributed by atoms with E-state index >= 15 is 0 Å². The Morgan fingerprint density at radius 2 is 1.94 bits per heavy atom. The van der Waals surface area contributed by atoms with Gasteiger partial charge in [-0.25, -0.2) is 9.07 Å². The molecule has 4 aromatic rings. The van der Waals surface area contributed by atoms with E-state index in [0.29, 0.717) is 17.9 Å². The van der Waals surface area contributed by atoms with Crippen molar-refractivity contribution in [3.63, 3.8) is 0 Å². The van der Waals surface area contributed by atoms with Gasteiger partial charge in [0, 0.05) is 12.8 Å². The number of para-hydroxylation sites is 1. The van der Waals surface area contributed by atoms with Crippen molar-refractivity contribution in [1.82, 2.24) is 25.2 Å². The average molecular weight is 419 g/mol. The molecule has 3 heterocycles. The van der Waals surface area contributed by atoms with Crippen molar-refractivity contribution in [2.45, 2.75) is 32.4 Å². The summed E-state index contributed by atoms with van der Waals surface area (Å²) in [6.45, 7) is 4.32. The summed E-state index contributed by atoms with van der Waals surface area (Å²) in [5.41, 5.74) is 3.35. The fourth-order valence-electron chi connectivity index (χ4n) is 4.57. The number of aromatic nitrogens is 5. The molecule has 0 aliphatic carbocycles. The lowest BCUT2D eigenvalue weighted by Gasteiger charge is -2.23. The highest BCUT2D eigenvalue weighted by atomic mass is 19.1. The van der Waals surface area contributed by atoms with Crippen LogP contribution in [0.15, 0.2) is 53.3 Å². The number of fused-ring (bicyclic) bond motifs is 1. The summed E-state index contributed by atoms with van der Waals surface area (Å²) in [6.07, 6.45) is 2.21. The molecule has 1 fully saturated rings. The fraction of sp³-hybridized carbons (Fsp3) is 0.304. The summed E-state index contributed by atoms with van der Waals surface area (Å²) in [4.78, 5) is 17.6. The molecule has 7 nitrogen and oxygen atoms in total. The van der Waals surface area contributed by atoms with E-state index < -0.39 is 0 Å². The van der Waals surface area contributed by atoms with Gasteiger partial charge in [-0.05, 0) is 52.1 Å². The third-order valence-electron chi connectivity index (χ3n) is 6.15. The number of hydrogen-bond acceptors (Lipinski definition) is 4. The first-order chi connectivity index (χ1) is 15.1. The molecule has 0 amide bonds. The number of halogens is 1. The molecule has 158 valence electrons. The highest BCUT2D eigenvalue weighted by Gasteiger charge is 2.35. The van der Waals surface area contributed by atoms with Crippen molar-refractivity contribution in [2.75, 3.05) is 13.1 Å². The van der Waals surface area contributed by atoms with Gasteiger partial charge < -0.3 is 9.88 Å². The summed E-state index contributed by atoms with van der Waals surface area (Å²) in [5, 5.41) is 13.5. The second kappa shape index (κ2) is 8.03. The number of H-pyrrole nitrogens is 1. The van der Waals surface area contributed by atoms with Gasteiger partial charge in [-0.2, -0.15) is 0 Å². The predicted molar refractivity (Wildman–Crippen MR) is 114 cm³/mol. The van der Waals surface area contributed by atoms with Crippen LogP contribution in [0.1, 0.15) is 41.4 Å². The van der Waals surface area contributed by atoms with E-state index in [1.54, 1.807) is 16.8 Å². The third kappa shape index (κ3) is 3.74. The summed E-state index contributed by atoms with van der Waals surface area (Å²) in [5.74, 6) is 0.372. The van der Waals surface area contributed by atoms with Gasteiger partial charge in [-0.15, -0.1) is 5.10 Å². The Morgan fingerprint density at radius 1 is 1.16 bits per heavy atom. The van der Waals surface area contributed by atoms with Gasteiger partial charge in [0.2, 0.25) is 5.82 Å². The minimum atomic E-state index is -0.280. The number of tetrazole rings is 1. The lowest BCUT2D eigenvalue weighted by atomic mass is 10.0. The van der Waals surface area contributed by atoms with Crippen LogP contribution in [0, 0.1) is 12.7 Å². The first-order valence-corrected chi connectivity index (χ1v) is 10.6. The number of quaternary nitrogens is 1. The summed E-state index contributed by atoms with van der Waals surface area (Å²) in [6, 6.07) is 14.0. The molecule has 2 aromatic heterocycles. The van der Waals surface area contributed by atoms with Crippen LogP contribution in [0.3, 0.4) is 0 Å². The maximum atomic E-state index is 13.3. The second-order valence-electron chi connectivity index (χ2n) is 8.21. The molecule has 5 rings (SSSR count). The normalized spacial score (nSPS) is 15.5. The number of aromatic amines is 1. The molecule has 1 atom stereocenters. The Hall–Kier alpha value is -3.39. The molecule has 0 unspecified atom stereocenters. The monoisotopic (exact) mass is 419 g/mol. The van der Waals surface area contributed by atoms with Crippen molar-refractivity contribution < 1.29 is 9.29 Å². The zero-order valence-corrected chi connectivity index (χ0v) is 17.3. The smallest absolute Gasteiger partial charge is 0.258 e. The van der Waals surface area contributed by atoms with E-state index in [-0.39, 0.29) is 17.4 Å². The Morgan fingerprint density at radius 3 is 2.71 bits per heavy atom. The Bertz CT molecular complexity index is 1270. The van der Waals surface area contributed by atoms with E-state index in [0.717, 1.165) is 48.0 Å². The number of nitrogens with zero attached hydrogens (tertiary/aromatic N) is 4. The van der Waals surface area contributed by atoms with Gasteiger partial charge in [0.1, 0.15) is 5.82 Å². The molecule has 8 heteroatoms. The van der Waals surface area contributed by atoms with Crippen molar-refractivity contribution >= 4 is 10.9 Å². The molecule has 2 aromatic carbocycles. The number of rotatable bonds is 5. The molecule has 0 radical (unpaired) electrons. The van der Waals surface area contributed by atoms with E-state index in [1.165, 1.54) is 17.0 Å². The second-order valence-corrected chi connectivity index (χ2v) is 8.21. The Labute approximate surface area is 178 Å². The van der Waals surface area contributed by atoms with E-state index in [1.807, 2.05) is 31.2 Å². The molecular formula is C23H24FN6O+. The average Bonchev–Trinajstić information content (AvgIpc) is 3.44. The van der Waals surface area contributed by atoms with Gasteiger partial charge in [0.05, 0.1) is 30.7 Å². The first-order valence-electron chi connectivity index (χ1n) is 10.6. The van der Waals surface area contributed by atoms with Crippen LogP contribution in [0.2, 0.25) is 0 Å². The highest BCUT2D eigenvalue weighted by Crippen LogP contribution is 2.21. The maximum absolute atomic E-state index is 13.3. The minimum absolute atomic E-state index is 0.109. The van der Waals surface area contributed by atoms with Gasteiger partial charge in [0.25, 0.3) is 5.56 Å². The minimum Gasteiger partial charge on any atom is -0.322 e. The van der Waals surface area contributed by atoms with Crippen LogP contribution in [0.25, 0.3) is 10.9 Å². The van der Waals surface area contributed by atoms with Crippen LogP contribution in [-0.4, -0.2) is 38.3 Å². The van der Waals surface area contributed by atoms with Crippen molar-refractivity contribution in [2.24, 2.45) is 0 Å². The molecule has 1 aliphatic heterocycles. The maximum Gasteiger partial charge on any atom is 0.258 e. The predicted octanol–water partition coefficient (Wildman–Crippen LogP) is 1.78. The summed E-state index contributed by atoms with van der Waals surface area (Å²) < 4.78 is 15.0. The third-order valence-corrected chi connectivity index (χ3v) is 6.15. The van der Waals surface area contributed by atoms with Crippen molar-refractivity contribution in [1.29, 1.82) is 0 Å². The number of hydrogen-bond donors (Lipinski definition) is 2. The van der Waals surface area contributed by atoms with Crippen LogP contribution in [0.4, 0.5) is 4.39 Å². The topological polar surface area (TPSA) is 80.9 Å². The SMILES string of the molecule is Cc1cccc2cc([C@@H](c3nnnn3Cc3ccc(F)cc3)[NH+]3CCCC3)c(=O)[nH]c12. The molecule has 1 saturated heterocycles. The largest absolute Gasteiger partial charge is 0.322 e. The zero-order chi connectivity index (χ0) is 21.4. The fourth-order valence-corrected chi connectivity index (χ4v) is 4.57. The molecular weight excluding hydrogens is 395 g/mol. The summed E-state index contributed by atoms with van der Waals surface area (Å²) >= 11 is 0. The number of benzene rings is 2. The standard InChI is InChI=1S/C23H23FN6O/c1-15-5-4-6-17-13-19(23(31)25-20(15)17)21(29-11-2-3-12-29)22-26-27-28-30(22)14-16-7-9-18(24)10-8-16/h4-10,13,21H,2-3,11-12,14H2,1H3,(H,25,31)/p+1/t21-/m0/s1. The Kier molecular flexibility index (Phi) is 5.07. The van der Waals surface area contributed by atoms with Crippen LogP contribution >= 0.6 is 0 Å². The van der Waals surface area contributed by atoms with Crippen molar-refractivity contribution in [3.8, 4) is 0 Å². The van der Waals surface area contributed by atoms with Crippen molar-refractivity contribution in [3.05, 3.63) is 87.2 Å². The van der Waals surface area contributed by atoms with Crippen LogP contribution in [0.5, 0.6) is 0 Å². The summed E-state index contributed by atoms with van der Waals surface area (Å²) in [7, 11) is 0. The lowest BCUT2D eigenvalue weighted by Crippen LogP contribution is -3.10. The van der Waals surface area contributed by atoms with E-state index in [2.05, 4.69) is 20.5 Å². The van der Waals surface area contributed by atoms with Gasteiger partial charge >= 0.3 is 0 Å². The zero-order valence-electron chi connectivity index (χ0n) is 17.3. The van der Waals surface area contributed by atoms with Gasteiger partial charge in [-0.3, -0.25) is 4.79 Å². The lowest BCUT2D eigenvalue weighted by molar-refractivity contribution is -0.914.